The molecule has 164 valence electrons. The maximum atomic E-state index is 12.3. The summed E-state index contributed by atoms with van der Waals surface area (Å²) in [6.07, 6.45) is 1.78. The average molecular weight is 431 g/mol. The lowest BCUT2D eigenvalue weighted by Gasteiger charge is -2.38. The summed E-state index contributed by atoms with van der Waals surface area (Å²) in [5, 5.41) is 21.6. The maximum absolute atomic E-state index is 12.3. The number of anilines is 1. The van der Waals surface area contributed by atoms with E-state index in [-0.39, 0.29) is 6.61 Å². The summed E-state index contributed by atoms with van der Waals surface area (Å²) in [5.41, 5.74) is 4.54. The minimum Gasteiger partial charge on any atom is -0.480 e. The molecule has 0 bridgehead atoms. The number of aliphatic hydroxyl groups is 1. The summed E-state index contributed by atoms with van der Waals surface area (Å²) in [7, 11) is 0. The standard InChI is InChI=1S/C25H26N4O3/c1-16-12-23(27-22-5-3-2-4-18(16)22)28-8-10-29(11-9-28)24(25(31)32)20-14-26-21-7-6-17(15-30)13-19(20)21/h2-7,12-14,24,26,30H,8-11,15H2,1H3,(H,31,32)/t24-/m1/s1. The molecule has 1 aliphatic rings. The molecule has 2 aromatic carbocycles. The smallest absolute Gasteiger partial charge is 0.325 e. The molecule has 5 rings (SSSR count). The molecule has 0 spiro atoms. The number of H-pyrrole nitrogens is 1. The number of piperazine rings is 1. The second-order valence-electron chi connectivity index (χ2n) is 8.36. The predicted octanol–water partition coefficient (Wildman–Crippen LogP) is 3.46. The van der Waals surface area contributed by atoms with Crippen molar-refractivity contribution in [1.82, 2.24) is 14.9 Å². The molecule has 1 fully saturated rings. The summed E-state index contributed by atoms with van der Waals surface area (Å²) in [5.74, 6) is 0.0702. The number of fused-ring (bicyclic) bond motifs is 2. The van der Waals surface area contributed by atoms with Crippen LogP contribution in [0.4, 0.5) is 5.82 Å². The molecule has 3 heterocycles. The molecule has 7 heteroatoms. The number of nitrogens with one attached hydrogen (secondary N) is 1. The van der Waals surface area contributed by atoms with Crippen LogP contribution in [0, 0.1) is 6.92 Å². The zero-order chi connectivity index (χ0) is 22.2. The van der Waals surface area contributed by atoms with E-state index in [1.165, 1.54) is 5.56 Å². The highest BCUT2D eigenvalue weighted by molar-refractivity contribution is 5.89. The molecule has 7 nitrogen and oxygen atoms in total. The molecule has 0 amide bonds. The number of benzene rings is 2. The van der Waals surface area contributed by atoms with E-state index in [4.69, 9.17) is 4.98 Å². The zero-order valence-corrected chi connectivity index (χ0v) is 18.0. The Kier molecular flexibility index (Phi) is 5.28. The average Bonchev–Trinajstić information content (AvgIpc) is 3.22. The third-order valence-electron chi connectivity index (χ3n) is 6.40. The Labute approximate surface area is 185 Å². The number of rotatable bonds is 5. The molecule has 4 aromatic rings. The maximum Gasteiger partial charge on any atom is 0.325 e. The molecular weight excluding hydrogens is 404 g/mol. The van der Waals surface area contributed by atoms with E-state index in [1.54, 1.807) is 6.20 Å². The summed E-state index contributed by atoms with van der Waals surface area (Å²) in [6.45, 7) is 4.68. The Morgan fingerprint density at radius 1 is 1.09 bits per heavy atom. The van der Waals surface area contributed by atoms with Crippen LogP contribution >= 0.6 is 0 Å². The van der Waals surface area contributed by atoms with Crippen LogP contribution in [0.5, 0.6) is 0 Å². The molecule has 3 N–H and O–H groups in total. The molecular formula is C25H26N4O3. The number of aliphatic hydroxyl groups excluding tert-OH is 1. The lowest BCUT2D eigenvalue weighted by atomic mass is 10.0. The van der Waals surface area contributed by atoms with Crippen molar-refractivity contribution in [3.63, 3.8) is 0 Å². The highest BCUT2D eigenvalue weighted by atomic mass is 16.4. The van der Waals surface area contributed by atoms with Crippen molar-refractivity contribution in [2.45, 2.75) is 19.6 Å². The first-order chi connectivity index (χ1) is 15.5. The third-order valence-corrected chi connectivity index (χ3v) is 6.40. The zero-order valence-electron chi connectivity index (χ0n) is 18.0. The number of carboxylic acid groups (broad SMARTS) is 1. The van der Waals surface area contributed by atoms with Crippen LogP contribution < -0.4 is 4.90 Å². The van der Waals surface area contributed by atoms with Gasteiger partial charge in [0.15, 0.2) is 0 Å². The summed E-state index contributed by atoms with van der Waals surface area (Å²) in [4.78, 5) is 24.6. The fraction of sp³-hybridized carbons (Fsp3) is 0.280. The predicted molar refractivity (Wildman–Crippen MR) is 125 cm³/mol. The van der Waals surface area contributed by atoms with Crippen LogP contribution in [-0.4, -0.2) is 57.2 Å². The normalized spacial score (nSPS) is 16.0. The van der Waals surface area contributed by atoms with Gasteiger partial charge in [-0.3, -0.25) is 9.69 Å². The number of aryl methyl sites for hydroxylation is 1. The van der Waals surface area contributed by atoms with Crippen molar-refractivity contribution in [3.05, 3.63) is 71.4 Å². The van der Waals surface area contributed by atoms with Gasteiger partial charge < -0.3 is 20.1 Å². The number of carboxylic acids is 1. The Balaban J connectivity index is 1.39. The van der Waals surface area contributed by atoms with Gasteiger partial charge in [-0.05, 0) is 42.3 Å². The van der Waals surface area contributed by atoms with Crippen molar-refractivity contribution < 1.29 is 15.0 Å². The molecule has 0 unspecified atom stereocenters. The monoisotopic (exact) mass is 430 g/mol. The lowest BCUT2D eigenvalue weighted by molar-refractivity contribution is -0.143. The van der Waals surface area contributed by atoms with Gasteiger partial charge in [0.2, 0.25) is 0 Å². The van der Waals surface area contributed by atoms with Gasteiger partial charge in [0, 0.05) is 54.2 Å². The second kappa shape index (κ2) is 8.26. The van der Waals surface area contributed by atoms with Crippen LogP contribution in [0.3, 0.4) is 0 Å². The number of carbonyl (C=O) groups is 1. The first-order valence-corrected chi connectivity index (χ1v) is 10.8. The number of aromatic amines is 1. The van der Waals surface area contributed by atoms with E-state index in [1.807, 2.05) is 41.3 Å². The van der Waals surface area contributed by atoms with E-state index in [2.05, 4.69) is 28.9 Å². The van der Waals surface area contributed by atoms with Gasteiger partial charge in [0.05, 0.1) is 12.1 Å². The highest BCUT2D eigenvalue weighted by Crippen LogP contribution is 2.31. The summed E-state index contributed by atoms with van der Waals surface area (Å²) >= 11 is 0. The Bertz CT molecular complexity index is 1290. The molecule has 0 aliphatic carbocycles. The van der Waals surface area contributed by atoms with Crippen molar-refractivity contribution >= 4 is 33.6 Å². The van der Waals surface area contributed by atoms with Crippen molar-refractivity contribution in [3.8, 4) is 0 Å². The number of nitrogens with zero attached hydrogens (tertiary/aromatic N) is 3. The van der Waals surface area contributed by atoms with Gasteiger partial charge in [0.1, 0.15) is 11.9 Å². The van der Waals surface area contributed by atoms with Gasteiger partial charge in [0.25, 0.3) is 0 Å². The van der Waals surface area contributed by atoms with Crippen molar-refractivity contribution in [2.75, 3.05) is 31.1 Å². The molecule has 32 heavy (non-hydrogen) atoms. The van der Waals surface area contributed by atoms with E-state index in [0.29, 0.717) is 26.2 Å². The fourth-order valence-electron chi connectivity index (χ4n) is 4.70. The first-order valence-electron chi connectivity index (χ1n) is 10.8. The van der Waals surface area contributed by atoms with E-state index >= 15 is 0 Å². The SMILES string of the molecule is Cc1cc(N2CCN([C@@H](C(=O)O)c3c[nH]c4ccc(CO)cc34)CC2)nc2ccccc12. The molecule has 1 aliphatic heterocycles. The van der Waals surface area contributed by atoms with Gasteiger partial charge >= 0.3 is 5.97 Å². The minimum atomic E-state index is -0.867. The largest absolute Gasteiger partial charge is 0.480 e. The van der Waals surface area contributed by atoms with E-state index < -0.39 is 12.0 Å². The Hall–Kier alpha value is -3.42. The lowest BCUT2D eigenvalue weighted by Crippen LogP contribution is -2.49. The molecule has 2 aromatic heterocycles. The van der Waals surface area contributed by atoms with Gasteiger partial charge in [-0.15, -0.1) is 0 Å². The van der Waals surface area contributed by atoms with Crippen LogP contribution in [0.2, 0.25) is 0 Å². The molecule has 1 saturated heterocycles. The number of aromatic nitrogens is 2. The molecule has 1 atom stereocenters. The number of hydrogen-bond acceptors (Lipinski definition) is 5. The van der Waals surface area contributed by atoms with Gasteiger partial charge in [-0.2, -0.15) is 0 Å². The van der Waals surface area contributed by atoms with Crippen molar-refractivity contribution in [2.24, 2.45) is 0 Å². The van der Waals surface area contributed by atoms with E-state index in [9.17, 15) is 15.0 Å². The van der Waals surface area contributed by atoms with Gasteiger partial charge in [-0.25, -0.2) is 4.98 Å². The number of pyridine rings is 1. The molecule has 0 radical (unpaired) electrons. The van der Waals surface area contributed by atoms with Crippen LogP contribution in [0.1, 0.15) is 22.7 Å². The Morgan fingerprint density at radius 3 is 2.62 bits per heavy atom. The van der Waals surface area contributed by atoms with Gasteiger partial charge in [-0.1, -0.05) is 24.3 Å². The minimum absolute atomic E-state index is 0.0743. The number of aliphatic carboxylic acids is 1. The third kappa shape index (κ3) is 3.59. The summed E-state index contributed by atoms with van der Waals surface area (Å²) < 4.78 is 0. The quantitative estimate of drug-likeness (QED) is 0.449. The molecule has 0 saturated carbocycles. The second-order valence-corrected chi connectivity index (χ2v) is 8.36. The number of hydrogen-bond donors (Lipinski definition) is 3. The van der Waals surface area contributed by atoms with Crippen molar-refractivity contribution in [1.29, 1.82) is 0 Å². The number of para-hydroxylation sites is 1. The van der Waals surface area contributed by atoms with Crippen LogP contribution in [-0.2, 0) is 11.4 Å². The Morgan fingerprint density at radius 2 is 1.88 bits per heavy atom. The first kappa shape index (κ1) is 20.5. The van der Waals surface area contributed by atoms with Crippen LogP contribution in [0.25, 0.3) is 21.8 Å². The van der Waals surface area contributed by atoms with Crippen LogP contribution in [0.15, 0.2) is 54.7 Å². The topological polar surface area (TPSA) is 92.7 Å². The fourth-order valence-corrected chi connectivity index (χ4v) is 4.70. The summed E-state index contributed by atoms with van der Waals surface area (Å²) in [6, 6.07) is 15.1. The van der Waals surface area contributed by atoms with E-state index in [0.717, 1.165) is 38.8 Å². The highest BCUT2D eigenvalue weighted by Gasteiger charge is 2.32.